The number of nitrogens with one attached hydrogen (secondary N) is 2. The van der Waals surface area contributed by atoms with Crippen LogP contribution in [0.15, 0.2) is 29.1 Å². The first kappa shape index (κ1) is 16.6. The molecule has 25 heavy (non-hydrogen) atoms. The van der Waals surface area contributed by atoms with Crippen LogP contribution in [0.4, 0.5) is 4.79 Å². The van der Waals surface area contributed by atoms with Crippen molar-refractivity contribution in [1.82, 2.24) is 20.4 Å². The summed E-state index contributed by atoms with van der Waals surface area (Å²) in [7, 11) is 0. The molecule has 1 aliphatic carbocycles. The lowest BCUT2D eigenvalue weighted by molar-refractivity contribution is -0.123. The third kappa shape index (κ3) is 3.35. The maximum Gasteiger partial charge on any atom is 0.357 e. The van der Waals surface area contributed by atoms with E-state index < -0.39 is 29.5 Å². The first-order valence-electron chi connectivity index (χ1n) is 7.74. The van der Waals surface area contributed by atoms with E-state index in [1.165, 1.54) is 19.1 Å². The topological polar surface area (TPSA) is 130 Å². The van der Waals surface area contributed by atoms with Crippen molar-refractivity contribution < 1.29 is 19.5 Å². The second-order valence-corrected chi connectivity index (χ2v) is 5.86. The quantitative estimate of drug-likeness (QED) is 0.746. The van der Waals surface area contributed by atoms with Crippen LogP contribution in [0.5, 0.6) is 0 Å². The van der Waals surface area contributed by atoms with Crippen molar-refractivity contribution in [2.75, 3.05) is 0 Å². The Morgan fingerprint density at radius 1 is 1.24 bits per heavy atom. The molecule has 0 radical (unpaired) electrons. The number of carbonyl (C=O) groups is 3. The molecule has 9 heteroatoms. The maximum absolute atomic E-state index is 12.5. The summed E-state index contributed by atoms with van der Waals surface area (Å²) < 4.78 is 0.783. The van der Waals surface area contributed by atoms with Gasteiger partial charge in [-0.1, -0.05) is 18.2 Å². The number of aromatic nitrogens is 2. The molecule has 1 saturated carbocycles. The zero-order valence-electron chi connectivity index (χ0n) is 13.4. The van der Waals surface area contributed by atoms with Crippen molar-refractivity contribution in [2.24, 2.45) is 0 Å². The fourth-order valence-electron chi connectivity index (χ4n) is 2.40. The molecule has 1 heterocycles. The van der Waals surface area contributed by atoms with Gasteiger partial charge < -0.3 is 10.4 Å². The highest BCUT2D eigenvalue weighted by atomic mass is 16.4. The van der Waals surface area contributed by atoms with Crippen molar-refractivity contribution >= 4 is 28.7 Å². The number of amides is 3. The predicted octanol–water partition coefficient (Wildman–Crippen LogP) is 0.644. The van der Waals surface area contributed by atoms with Crippen molar-refractivity contribution in [3.63, 3.8) is 0 Å². The molecule has 1 aromatic heterocycles. The number of nitrogens with zero attached hydrogens (tertiary/aromatic N) is 2. The molecular formula is C16H16N4O5. The molecule has 3 rings (SSSR count). The Hall–Kier alpha value is -3.23. The third-order valence-electron chi connectivity index (χ3n) is 3.93. The Kier molecular flexibility index (Phi) is 4.22. The average molecular weight is 344 g/mol. The summed E-state index contributed by atoms with van der Waals surface area (Å²) in [6, 6.07) is 4.40. The smallest absolute Gasteiger partial charge is 0.357 e. The van der Waals surface area contributed by atoms with Gasteiger partial charge >= 0.3 is 12.0 Å². The second-order valence-electron chi connectivity index (χ2n) is 5.86. The average Bonchev–Trinajstić information content (AvgIpc) is 3.38. The van der Waals surface area contributed by atoms with E-state index >= 15 is 0 Å². The van der Waals surface area contributed by atoms with Gasteiger partial charge in [-0.05, 0) is 25.8 Å². The van der Waals surface area contributed by atoms with Gasteiger partial charge in [-0.25, -0.2) is 14.3 Å². The molecule has 1 atom stereocenters. The molecule has 1 unspecified atom stereocenters. The van der Waals surface area contributed by atoms with Crippen LogP contribution >= 0.6 is 0 Å². The number of imide groups is 1. The van der Waals surface area contributed by atoms with Crippen molar-refractivity contribution in [2.45, 2.75) is 31.8 Å². The Morgan fingerprint density at radius 2 is 1.88 bits per heavy atom. The number of hydrogen-bond acceptors (Lipinski definition) is 5. The fourth-order valence-corrected chi connectivity index (χ4v) is 2.40. The minimum absolute atomic E-state index is 0.0724. The number of benzene rings is 1. The van der Waals surface area contributed by atoms with Gasteiger partial charge in [-0.3, -0.25) is 14.9 Å². The van der Waals surface area contributed by atoms with Gasteiger partial charge in [0.15, 0.2) is 5.69 Å². The van der Waals surface area contributed by atoms with Crippen molar-refractivity contribution in [3.8, 4) is 0 Å². The van der Waals surface area contributed by atoms with Crippen LogP contribution in [0, 0.1) is 0 Å². The zero-order valence-corrected chi connectivity index (χ0v) is 13.4. The molecule has 9 nitrogen and oxygen atoms in total. The molecule has 0 spiro atoms. The SMILES string of the molecule is CC(C(=O)NC(=O)NC1CC1)n1nc(C(=O)O)c2ccccc2c1=O. The number of carboxylic acids is 1. The van der Waals surface area contributed by atoms with E-state index in [-0.39, 0.29) is 22.5 Å². The second kappa shape index (κ2) is 6.34. The number of carboxylic acid groups (broad SMARTS) is 1. The van der Waals surface area contributed by atoms with Gasteiger partial charge in [0.1, 0.15) is 6.04 Å². The molecule has 0 bridgehead atoms. The van der Waals surface area contributed by atoms with E-state index in [4.69, 9.17) is 0 Å². The number of fused-ring (bicyclic) bond motifs is 1. The minimum atomic E-state index is -1.32. The summed E-state index contributed by atoms with van der Waals surface area (Å²) in [5.41, 5.74) is -0.942. The van der Waals surface area contributed by atoms with Crippen LogP contribution in [-0.2, 0) is 4.79 Å². The summed E-state index contributed by atoms with van der Waals surface area (Å²) in [5.74, 6) is -2.07. The van der Waals surface area contributed by atoms with E-state index in [2.05, 4.69) is 15.7 Å². The van der Waals surface area contributed by atoms with Gasteiger partial charge in [0.25, 0.3) is 11.5 Å². The number of urea groups is 1. The van der Waals surface area contributed by atoms with Crippen molar-refractivity contribution in [1.29, 1.82) is 0 Å². The van der Waals surface area contributed by atoms with E-state index in [1.54, 1.807) is 12.1 Å². The van der Waals surface area contributed by atoms with E-state index in [9.17, 15) is 24.3 Å². The van der Waals surface area contributed by atoms with Crippen LogP contribution in [0.3, 0.4) is 0 Å². The van der Waals surface area contributed by atoms with Crippen LogP contribution in [-0.4, -0.2) is 38.8 Å². The van der Waals surface area contributed by atoms with Gasteiger partial charge in [-0.15, -0.1) is 0 Å². The van der Waals surface area contributed by atoms with Crippen LogP contribution in [0.1, 0.15) is 36.3 Å². The fraction of sp³-hybridized carbons (Fsp3) is 0.312. The molecule has 3 N–H and O–H groups in total. The minimum Gasteiger partial charge on any atom is -0.476 e. The molecule has 0 aliphatic heterocycles. The largest absolute Gasteiger partial charge is 0.476 e. The molecule has 3 amide bonds. The lowest BCUT2D eigenvalue weighted by Gasteiger charge is -2.15. The van der Waals surface area contributed by atoms with Gasteiger partial charge in [-0.2, -0.15) is 5.10 Å². The molecule has 0 saturated heterocycles. The Labute approximate surface area is 141 Å². The maximum atomic E-state index is 12.5. The monoisotopic (exact) mass is 344 g/mol. The summed E-state index contributed by atoms with van der Waals surface area (Å²) >= 11 is 0. The lowest BCUT2D eigenvalue weighted by Crippen LogP contribution is -2.45. The number of aromatic carboxylic acids is 1. The molecule has 1 aliphatic rings. The Balaban J connectivity index is 1.95. The number of rotatable bonds is 4. The highest BCUT2D eigenvalue weighted by Crippen LogP contribution is 2.18. The normalized spacial score (nSPS) is 14.8. The highest BCUT2D eigenvalue weighted by molar-refractivity contribution is 6.01. The van der Waals surface area contributed by atoms with Crippen molar-refractivity contribution in [3.05, 3.63) is 40.3 Å². The van der Waals surface area contributed by atoms with Crippen LogP contribution in [0.2, 0.25) is 0 Å². The molecule has 1 aromatic carbocycles. The van der Waals surface area contributed by atoms with E-state index in [1.807, 2.05) is 0 Å². The van der Waals surface area contributed by atoms with Gasteiger partial charge in [0.2, 0.25) is 0 Å². The standard InChI is InChI=1S/C16H16N4O5/c1-8(13(21)18-16(25)17-9-6-7-9)20-14(22)11-5-3-2-4-10(11)12(19-20)15(23)24/h2-5,8-9H,6-7H2,1H3,(H,23,24)(H2,17,18,21,25). The number of hydrogen-bond donors (Lipinski definition) is 3. The molecule has 1 fully saturated rings. The van der Waals surface area contributed by atoms with E-state index in [0.717, 1.165) is 17.5 Å². The number of carbonyl (C=O) groups excluding carboxylic acids is 2. The van der Waals surface area contributed by atoms with Crippen LogP contribution < -0.4 is 16.2 Å². The van der Waals surface area contributed by atoms with E-state index in [0.29, 0.717) is 0 Å². The highest BCUT2D eigenvalue weighted by Gasteiger charge is 2.27. The Morgan fingerprint density at radius 3 is 2.48 bits per heavy atom. The first-order valence-corrected chi connectivity index (χ1v) is 7.74. The molecular weight excluding hydrogens is 328 g/mol. The third-order valence-corrected chi connectivity index (χ3v) is 3.93. The predicted molar refractivity (Wildman–Crippen MR) is 87.4 cm³/mol. The summed E-state index contributed by atoms with van der Waals surface area (Å²) in [6.45, 7) is 1.37. The lowest BCUT2D eigenvalue weighted by atomic mass is 10.1. The summed E-state index contributed by atoms with van der Waals surface area (Å²) in [5, 5.41) is 18.2. The van der Waals surface area contributed by atoms with Gasteiger partial charge in [0.05, 0.1) is 5.39 Å². The first-order chi connectivity index (χ1) is 11.9. The van der Waals surface area contributed by atoms with Crippen LogP contribution in [0.25, 0.3) is 10.8 Å². The Bertz CT molecular complexity index is 932. The summed E-state index contributed by atoms with van der Waals surface area (Å²) in [6.07, 6.45) is 1.73. The summed E-state index contributed by atoms with van der Waals surface area (Å²) in [4.78, 5) is 47.9. The zero-order chi connectivity index (χ0) is 18.1. The molecule has 2 aromatic rings. The van der Waals surface area contributed by atoms with Gasteiger partial charge in [0, 0.05) is 11.4 Å². The molecule has 130 valence electrons.